The Kier molecular flexibility index (Phi) is 10.8. The zero-order chi connectivity index (χ0) is 33.8. The molecule has 1 atom stereocenters. The molecular formula is C37H29FI2N2O5S. The first-order chi connectivity index (χ1) is 23.3. The van der Waals surface area contributed by atoms with Crippen LogP contribution in [0.15, 0.2) is 106 Å². The largest absolute Gasteiger partial charge is 0.494 e. The van der Waals surface area contributed by atoms with Crippen molar-refractivity contribution in [1.29, 1.82) is 0 Å². The molecule has 0 fully saturated rings. The lowest BCUT2D eigenvalue weighted by molar-refractivity contribution is -0.138. The zero-order valence-electron chi connectivity index (χ0n) is 25.9. The van der Waals surface area contributed by atoms with Crippen molar-refractivity contribution < 1.29 is 23.4 Å². The van der Waals surface area contributed by atoms with Gasteiger partial charge in [0.1, 0.15) is 23.9 Å². The number of ether oxygens (including phenoxy) is 3. The highest BCUT2D eigenvalue weighted by atomic mass is 127. The number of aromatic nitrogens is 1. The lowest BCUT2D eigenvalue weighted by Crippen LogP contribution is -2.40. The normalized spacial score (nSPS) is 14.4. The van der Waals surface area contributed by atoms with Gasteiger partial charge in [-0.2, -0.15) is 0 Å². The Morgan fingerprint density at radius 3 is 2.29 bits per heavy atom. The lowest BCUT2D eigenvalue weighted by atomic mass is 9.93. The molecule has 0 saturated carbocycles. The second-order valence-electron chi connectivity index (χ2n) is 10.6. The molecule has 0 aliphatic carbocycles. The summed E-state index contributed by atoms with van der Waals surface area (Å²) >= 11 is 5.63. The van der Waals surface area contributed by atoms with Crippen LogP contribution in [-0.4, -0.2) is 23.8 Å². The maximum Gasteiger partial charge on any atom is 0.338 e. The van der Waals surface area contributed by atoms with Crippen LogP contribution in [0.2, 0.25) is 0 Å². The van der Waals surface area contributed by atoms with Gasteiger partial charge in [0.2, 0.25) is 0 Å². The predicted octanol–water partition coefficient (Wildman–Crippen LogP) is 7.26. The fraction of sp³-hybridized carbons (Fsp3) is 0.162. The standard InChI is InChI=1S/C37H29FI2N2O5S/c1-3-45-26-16-14-24(15-17-26)33-31(36(44)46-4-2)32(23-10-6-5-7-11-23)41-37-42(33)35(43)30(48-37)20-22-18-28(39)34(29(40)19-22)47-21-25-12-8-9-13-27(25)38/h5-20,33H,3-4,21H2,1-2H3/b30-20-/t33-/m0/s1. The highest BCUT2D eigenvalue weighted by Crippen LogP contribution is 2.36. The van der Waals surface area contributed by atoms with E-state index in [0.29, 0.717) is 38.7 Å². The van der Waals surface area contributed by atoms with Gasteiger partial charge in [-0.25, -0.2) is 14.2 Å². The summed E-state index contributed by atoms with van der Waals surface area (Å²) in [5, 5.41) is 0. The molecule has 48 heavy (non-hydrogen) atoms. The van der Waals surface area contributed by atoms with Crippen LogP contribution in [0.5, 0.6) is 11.5 Å². The van der Waals surface area contributed by atoms with E-state index in [2.05, 4.69) is 45.2 Å². The molecule has 7 nitrogen and oxygen atoms in total. The summed E-state index contributed by atoms with van der Waals surface area (Å²) in [6, 6.07) is 26.4. The SMILES string of the molecule is CCOC(=O)C1=C(c2ccccc2)N=c2s/c(=C\c3cc(I)c(OCc4ccccc4F)c(I)c3)c(=O)n2[C@H]1c1ccc(OCC)cc1. The van der Waals surface area contributed by atoms with Gasteiger partial charge in [0.15, 0.2) is 4.80 Å². The van der Waals surface area contributed by atoms with Crippen molar-refractivity contribution in [3.05, 3.63) is 151 Å². The van der Waals surface area contributed by atoms with Gasteiger partial charge < -0.3 is 14.2 Å². The molecule has 6 rings (SSSR count). The van der Waals surface area contributed by atoms with Crippen LogP contribution < -0.4 is 24.4 Å². The third-order valence-corrected chi connectivity index (χ3v) is 10.1. The number of halogens is 3. The maximum atomic E-state index is 14.3. The van der Waals surface area contributed by atoms with Crippen LogP contribution in [0.1, 0.15) is 42.1 Å². The average molecular weight is 887 g/mol. The molecule has 11 heteroatoms. The highest BCUT2D eigenvalue weighted by Gasteiger charge is 2.35. The molecule has 0 saturated heterocycles. The van der Waals surface area contributed by atoms with Crippen molar-refractivity contribution in [1.82, 2.24) is 4.57 Å². The van der Waals surface area contributed by atoms with Gasteiger partial charge in [-0.3, -0.25) is 9.36 Å². The average Bonchev–Trinajstić information content (AvgIpc) is 3.39. The van der Waals surface area contributed by atoms with Gasteiger partial charge in [-0.15, -0.1) is 0 Å². The molecule has 5 aromatic rings. The van der Waals surface area contributed by atoms with Crippen LogP contribution in [0.3, 0.4) is 0 Å². The molecule has 4 aromatic carbocycles. The summed E-state index contributed by atoms with van der Waals surface area (Å²) in [7, 11) is 0. The van der Waals surface area contributed by atoms with Crippen LogP contribution >= 0.6 is 56.5 Å². The minimum absolute atomic E-state index is 0.0920. The molecule has 0 unspecified atom stereocenters. The molecule has 1 aromatic heterocycles. The van der Waals surface area contributed by atoms with Crippen molar-refractivity contribution in [2.45, 2.75) is 26.5 Å². The third kappa shape index (κ3) is 7.13. The minimum Gasteiger partial charge on any atom is -0.494 e. The van der Waals surface area contributed by atoms with E-state index in [-0.39, 0.29) is 30.2 Å². The molecule has 0 N–H and O–H groups in total. The third-order valence-electron chi connectivity index (χ3n) is 7.53. The van der Waals surface area contributed by atoms with Crippen LogP contribution in [-0.2, 0) is 16.1 Å². The summed E-state index contributed by atoms with van der Waals surface area (Å²) < 4.78 is 35.1. The Hall–Kier alpha value is -3.82. The predicted molar refractivity (Wildman–Crippen MR) is 201 cm³/mol. The van der Waals surface area contributed by atoms with E-state index in [1.165, 1.54) is 17.4 Å². The molecule has 0 bridgehead atoms. The fourth-order valence-electron chi connectivity index (χ4n) is 5.39. The smallest absolute Gasteiger partial charge is 0.338 e. The van der Waals surface area contributed by atoms with Crippen molar-refractivity contribution in [2.75, 3.05) is 13.2 Å². The number of rotatable bonds is 10. The van der Waals surface area contributed by atoms with Gasteiger partial charge in [0, 0.05) is 11.1 Å². The monoisotopic (exact) mass is 886 g/mol. The Balaban J connectivity index is 1.48. The number of carbonyl (C=O) groups excluding carboxylic acids is 1. The topological polar surface area (TPSA) is 79.1 Å². The van der Waals surface area contributed by atoms with E-state index in [1.807, 2.05) is 79.7 Å². The van der Waals surface area contributed by atoms with Gasteiger partial charge in [-0.05, 0) is 107 Å². The lowest BCUT2D eigenvalue weighted by Gasteiger charge is -2.26. The summed E-state index contributed by atoms with van der Waals surface area (Å²) in [6.07, 6.45) is 1.82. The number of nitrogens with zero attached hydrogens (tertiary/aromatic N) is 2. The van der Waals surface area contributed by atoms with E-state index < -0.39 is 12.0 Å². The number of fused-ring (bicyclic) bond motifs is 1. The molecule has 1 aliphatic heterocycles. The number of thiazole rings is 1. The minimum atomic E-state index is -0.789. The number of hydrogen-bond donors (Lipinski definition) is 0. The van der Waals surface area contributed by atoms with E-state index >= 15 is 0 Å². The Labute approximate surface area is 307 Å². The van der Waals surface area contributed by atoms with Crippen LogP contribution in [0, 0.1) is 13.0 Å². The molecule has 244 valence electrons. The Morgan fingerprint density at radius 2 is 1.62 bits per heavy atom. The van der Waals surface area contributed by atoms with E-state index in [9.17, 15) is 14.0 Å². The maximum absolute atomic E-state index is 14.3. The van der Waals surface area contributed by atoms with E-state index in [0.717, 1.165) is 23.8 Å². The molecule has 0 amide bonds. The van der Waals surface area contributed by atoms with Gasteiger partial charge in [-0.1, -0.05) is 72.0 Å². The van der Waals surface area contributed by atoms with Crippen LogP contribution in [0.25, 0.3) is 11.8 Å². The summed E-state index contributed by atoms with van der Waals surface area (Å²) in [5.41, 5.74) is 3.18. The first kappa shape index (κ1) is 34.1. The number of benzene rings is 4. The molecule has 0 spiro atoms. The van der Waals surface area contributed by atoms with Crippen LogP contribution in [0.4, 0.5) is 4.39 Å². The van der Waals surface area contributed by atoms with E-state index in [4.69, 9.17) is 19.2 Å². The second-order valence-corrected chi connectivity index (χ2v) is 14.0. The summed E-state index contributed by atoms with van der Waals surface area (Å²) in [6.45, 7) is 4.43. The van der Waals surface area contributed by atoms with Crippen molar-refractivity contribution in [3.8, 4) is 11.5 Å². The quantitative estimate of drug-likeness (QED) is 0.109. The second kappa shape index (κ2) is 15.2. The van der Waals surface area contributed by atoms with Crippen molar-refractivity contribution in [2.24, 2.45) is 4.99 Å². The first-order valence-corrected chi connectivity index (χ1v) is 18.1. The molecular weight excluding hydrogens is 857 g/mol. The fourth-order valence-corrected chi connectivity index (χ4v) is 8.51. The summed E-state index contributed by atoms with van der Waals surface area (Å²) in [5.74, 6) is 0.465. The van der Waals surface area contributed by atoms with Crippen molar-refractivity contribution >= 4 is 74.3 Å². The molecule has 2 heterocycles. The van der Waals surface area contributed by atoms with E-state index in [1.54, 1.807) is 29.7 Å². The van der Waals surface area contributed by atoms with Gasteiger partial charge in [0.05, 0.1) is 42.2 Å². The zero-order valence-corrected chi connectivity index (χ0v) is 31.0. The number of carbonyl (C=O) groups is 1. The number of hydrogen-bond acceptors (Lipinski definition) is 7. The van der Waals surface area contributed by atoms with Crippen molar-refractivity contribution in [3.63, 3.8) is 0 Å². The Bertz CT molecular complexity index is 2170. The molecule has 0 radical (unpaired) electrons. The Morgan fingerprint density at radius 1 is 0.938 bits per heavy atom. The first-order valence-electron chi connectivity index (χ1n) is 15.2. The molecule has 1 aliphatic rings. The van der Waals surface area contributed by atoms with Gasteiger partial charge in [0.25, 0.3) is 5.56 Å². The highest BCUT2D eigenvalue weighted by molar-refractivity contribution is 14.1. The van der Waals surface area contributed by atoms with Gasteiger partial charge >= 0.3 is 5.97 Å². The summed E-state index contributed by atoms with van der Waals surface area (Å²) in [4.78, 5) is 33.4. The number of esters is 1.